The van der Waals surface area contributed by atoms with E-state index in [0.717, 1.165) is 14.4 Å². The zero-order valence-corrected chi connectivity index (χ0v) is 12.0. The highest BCUT2D eigenvalue weighted by Gasteiger charge is 2.14. The van der Waals surface area contributed by atoms with Gasteiger partial charge >= 0.3 is 0 Å². The summed E-state index contributed by atoms with van der Waals surface area (Å²) in [5.74, 6) is 0.476. The lowest BCUT2D eigenvalue weighted by Crippen LogP contribution is -2.32. The third kappa shape index (κ3) is 3.58. The average molecular weight is 299 g/mol. The van der Waals surface area contributed by atoms with Crippen LogP contribution in [0.3, 0.4) is 0 Å². The summed E-state index contributed by atoms with van der Waals surface area (Å²) in [6.45, 7) is 0.482. The standard InChI is InChI=1S/C13H15ClN2O2S/c14-8-3-6-12(17)15-9-7-13-16(18)10-4-1-2-5-11(10)19-13/h1-2,4-5H,3,6-9H2,(H,15,17). The van der Waals surface area contributed by atoms with Crippen LogP contribution in [-0.2, 0) is 11.2 Å². The largest absolute Gasteiger partial charge is 0.617 e. The molecule has 2 rings (SSSR count). The van der Waals surface area contributed by atoms with E-state index in [0.29, 0.717) is 37.2 Å². The Morgan fingerprint density at radius 2 is 2.21 bits per heavy atom. The molecule has 1 aromatic heterocycles. The van der Waals surface area contributed by atoms with Crippen molar-refractivity contribution < 1.29 is 9.52 Å². The third-order valence-electron chi connectivity index (χ3n) is 2.74. The maximum Gasteiger partial charge on any atom is 0.251 e. The number of aromatic nitrogens is 1. The van der Waals surface area contributed by atoms with Crippen LogP contribution >= 0.6 is 22.9 Å². The second-order valence-electron chi connectivity index (χ2n) is 4.15. The van der Waals surface area contributed by atoms with Gasteiger partial charge in [0.25, 0.3) is 5.01 Å². The Bertz CT molecular complexity index is 571. The van der Waals surface area contributed by atoms with Crippen LogP contribution in [0.2, 0.25) is 0 Å². The van der Waals surface area contributed by atoms with Gasteiger partial charge in [0.1, 0.15) is 4.70 Å². The predicted octanol–water partition coefficient (Wildman–Crippen LogP) is 2.21. The van der Waals surface area contributed by atoms with E-state index >= 15 is 0 Å². The molecule has 19 heavy (non-hydrogen) atoms. The predicted molar refractivity (Wildman–Crippen MR) is 77.5 cm³/mol. The van der Waals surface area contributed by atoms with Gasteiger partial charge in [-0.05, 0) is 12.5 Å². The van der Waals surface area contributed by atoms with Crippen molar-refractivity contribution in [2.75, 3.05) is 12.4 Å². The number of carbonyl (C=O) groups excluding carboxylic acids is 1. The summed E-state index contributed by atoms with van der Waals surface area (Å²) in [4.78, 5) is 11.4. The molecule has 0 aliphatic carbocycles. The Morgan fingerprint density at radius 1 is 1.42 bits per heavy atom. The number of nitrogens with zero attached hydrogens (tertiary/aromatic N) is 1. The molecule has 0 spiro atoms. The van der Waals surface area contributed by atoms with Gasteiger partial charge in [0.05, 0.1) is 6.42 Å². The quantitative estimate of drug-likeness (QED) is 0.505. The van der Waals surface area contributed by atoms with Crippen LogP contribution in [0.5, 0.6) is 0 Å². The number of amides is 1. The number of halogens is 1. The maximum atomic E-state index is 12.0. The molecular weight excluding hydrogens is 284 g/mol. The van der Waals surface area contributed by atoms with Crippen molar-refractivity contribution in [3.8, 4) is 0 Å². The lowest BCUT2D eigenvalue weighted by atomic mass is 10.3. The van der Waals surface area contributed by atoms with Crippen LogP contribution in [0.15, 0.2) is 24.3 Å². The first-order valence-corrected chi connectivity index (χ1v) is 7.50. The number of alkyl halides is 1. The molecule has 0 unspecified atom stereocenters. The van der Waals surface area contributed by atoms with Gasteiger partial charge in [0, 0.05) is 24.9 Å². The van der Waals surface area contributed by atoms with Gasteiger partial charge in [-0.3, -0.25) is 4.79 Å². The van der Waals surface area contributed by atoms with Crippen LogP contribution < -0.4 is 10.0 Å². The van der Waals surface area contributed by atoms with Gasteiger partial charge in [-0.2, -0.15) is 4.73 Å². The molecule has 0 aliphatic rings. The summed E-state index contributed by atoms with van der Waals surface area (Å²) < 4.78 is 1.92. The molecule has 1 amide bonds. The number of hydrogen-bond donors (Lipinski definition) is 1. The number of nitrogens with one attached hydrogen (secondary N) is 1. The van der Waals surface area contributed by atoms with E-state index in [-0.39, 0.29) is 5.91 Å². The molecule has 0 saturated heterocycles. The highest BCUT2D eigenvalue weighted by Crippen LogP contribution is 2.19. The van der Waals surface area contributed by atoms with Crippen LogP contribution in [0, 0.1) is 5.21 Å². The first-order valence-electron chi connectivity index (χ1n) is 6.15. The number of para-hydroxylation sites is 1. The van der Waals surface area contributed by atoms with Crippen molar-refractivity contribution in [3.63, 3.8) is 0 Å². The average Bonchev–Trinajstić information content (AvgIpc) is 2.74. The fraction of sp³-hybridized carbons (Fsp3) is 0.385. The molecular formula is C13H15ClN2O2S. The van der Waals surface area contributed by atoms with E-state index in [1.54, 1.807) is 6.07 Å². The minimum atomic E-state index is -0.0146. The van der Waals surface area contributed by atoms with E-state index in [1.165, 1.54) is 11.3 Å². The van der Waals surface area contributed by atoms with Crippen LogP contribution in [0.1, 0.15) is 17.8 Å². The third-order valence-corrected chi connectivity index (χ3v) is 4.17. The lowest BCUT2D eigenvalue weighted by molar-refractivity contribution is -0.580. The zero-order chi connectivity index (χ0) is 13.7. The van der Waals surface area contributed by atoms with E-state index in [2.05, 4.69) is 5.32 Å². The van der Waals surface area contributed by atoms with Gasteiger partial charge in [-0.25, -0.2) is 0 Å². The fourth-order valence-electron chi connectivity index (χ4n) is 1.79. The highest BCUT2D eigenvalue weighted by atomic mass is 35.5. The summed E-state index contributed by atoms with van der Waals surface area (Å²) in [5, 5.41) is 15.5. The number of fused-ring (bicyclic) bond motifs is 1. The Morgan fingerprint density at radius 3 is 2.95 bits per heavy atom. The van der Waals surface area contributed by atoms with Crippen molar-refractivity contribution in [3.05, 3.63) is 34.5 Å². The van der Waals surface area contributed by atoms with Crippen LogP contribution in [0.4, 0.5) is 0 Å². The Kier molecular flexibility index (Phi) is 4.99. The van der Waals surface area contributed by atoms with Gasteiger partial charge in [0.15, 0.2) is 0 Å². The van der Waals surface area contributed by atoms with E-state index in [4.69, 9.17) is 11.6 Å². The first-order chi connectivity index (χ1) is 9.22. The van der Waals surface area contributed by atoms with E-state index < -0.39 is 0 Å². The SMILES string of the molecule is O=C(CCCCl)NCCc1sc2ccccc2[n+]1[O-]. The fourth-order valence-corrected chi connectivity index (χ4v) is 2.97. The summed E-state index contributed by atoms with van der Waals surface area (Å²) in [6, 6.07) is 7.50. The second kappa shape index (κ2) is 6.73. The molecule has 1 aromatic carbocycles. The maximum absolute atomic E-state index is 12.0. The van der Waals surface area contributed by atoms with Gasteiger partial charge < -0.3 is 10.5 Å². The molecule has 102 valence electrons. The minimum Gasteiger partial charge on any atom is -0.617 e. The van der Waals surface area contributed by atoms with Crippen molar-refractivity contribution in [1.82, 2.24) is 5.32 Å². The highest BCUT2D eigenvalue weighted by molar-refractivity contribution is 7.18. The summed E-state index contributed by atoms with van der Waals surface area (Å²) in [5.41, 5.74) is 0.691. The lowest BCUT2D eigenvalue weighted by Gasteiger charge is -2.02. The summed E-state index contributed by atoms with van der Waals surface area (Å²) in [6.07, 6.45) is 1.67. The molecule has 0 fully saturated rings. The number of rotatable bonds is 6. The smallest absolute Gasteiger partial charge is 0.251 e. The molecule has 0 aliphatic heterocycles. The summed E-state index contributed by atoms with van der Waals surface area (Å²) >= 11 is 6.99. The number of thiazole rings is 1. The Hall–Kier alpha value is -1.33. The molecule has 0 saturated carbocycles. The number of carbonyl (C=O) groups is 1. The van der Waals surface area contributed by atoms with E-state index in [1.807, 2.05) is 18.2 Å². The van der Waals surface area contributed by atoms with E-state index in [9.17, 15) is 10.0 Å². The minimum absolute atomic E-state index is 0.0146. The normalized spacial score (nSPS) is 10.8. The van der Waals surface area contributed by atoms with Gasteiger partial charge in [-0.15, -0.1) is 11.6 Å². The monoisotopic (exact) mass is 298 g/mol. The van der Waals surface area contributed by atoms with Crippen molar-refractivity contribution in [1.29, 1.82) is 0 Å². The van der Waals surface area contributed by atoms with Crippen molar-refractivity contribution >= 4 is 39.1 Å². The first kappa shape index (κ1) is 14.1. The molecule has 1 N–H and O–H groups in total. The Balaban J connectivity index is 1.91. The van der Waals surface area contributed by atoms with Crippen LogP contribution in [-0.4, -0.2) is 18.3 Å². The molecule has 2 aromatic rings. The number of benzene rings is 1. The summed E-state index contributed by atoms with van der Waals surface area (Å²) in [7, 11) is 0. The van der Waals surface area contributed by atoms with Crippen molar-refractivity contribution in [2.45, 2.75) is 19.3 Å². The molecule has 0 bridgehead atoms. The molecule has 6 heteroatoms. The molecule has 4 nitrogen and oxygen atoms in total. The van der Waals surface area contributed by atoms with Gasteiger partial charge in [-0.1, -0.05) is 23.5 Å². The number of hydrogen-bond acceptors (Lipinski definition) is 3. The zero-order valence-electron chi connectivity index (χ0n) is 10.4. The van der Waals surface area contributed by atoms with Crippen LogP contribution in [0.25, 0.3) is 10.2 Å². The molecule has 1 heterocycles. The molecule has 0 atom stereocenters. The molecule has 0 radical (unpaired) electrons. The Labute approximate surface area is 120 Å². The topological polar surface area (TPSA) is 56.0 Å². The second-order valence-corrected chi connectivity index (χ2v) is 5.64. The van der Waals surface area contributed by atoms with Crippen molar-refractivity contribution in [2.24, 2.45) is 0 Å². The van der Waals surface area contributed by atoms with Gasteiger partial charge in [0.2, 0.25) is 11.4 Å².